The number of nitrogens with one attached hydrogen (secondary N) is 2. The van der Waals surface area contributed by atoms with Crippen molar-refractivity contribution in [1.29, 1.82) is 0 Å². The van der Waals surface area contributed by atoms with Gasteiger partial charge in [-0.2, -0.15) is 0 Å². The molecule has 1 heterocycles. The molecule has 1 saturated heterocycles. The number of nitrogens with zero attached hydrogens (tertiary/aromatic N) is 1. The number of piperidine rings is 1. The summed E-state index contributed by atoms with van der Waals surface area (Å²) in [5, 5.41) is 2.91. The van der Waals surface area contributed by atoms with Crippen LogP contribution in [0, 0.1) is 11.8 Å². The lowest BCUT2D eigenvalue weighted by Gasteiger charge is -2.41. The highest BCUT2D eigenvalue weighted by Gasteiger charge is 2.33. The first kappa shape index (κ1) is 20.6. The van der Waals surface area contributed by atoms with Crippen LogP contribution in [0.2, 0.25) is 0 Å². The van der Waals surface area contributed by atoms with Gasteiger partial charge in [0.25, 0.3) is 11.8 Å². The van der Waals surface area contributed by atoms with E-state index in [4.69, 9.17) is 4.74 Å². The molecule has 1 aromatic carbocycles. The quantitative estimate of drug-likeness (QED) is 0.745. The van der Waals surface area contributed by atoms with Gasteiger partial charge in [-0.1, -0.05) is 19.3 Å². The zero-order valence-corrected chi connectivity index (χ0v) is 17.2. The van der Waals surface area contributed by atoms with Crippen molar-refractivity contribution in [1.82, 2.24) is 4.90 Å². The van der Waals surface area contributed by atoms with Crippen molar-refractivity contribution in [2.24, 2.45) is 11.8 Å². The van der Waals surface area contributed by atoms with Crippen molar-refractivity contribution in [3.05, 3.63) is 24.3 Å². The largest absolute Gasteiger partial charge is 0.497 e. The summed E-state index contributed by atoms with van der Waals surface area (Å²) in [7, 11) is 1.61. The molecule has 0 spiro atoms. The maximum atomic E-state index is 12.8. The number of hydrogen-bond acceptors (Lipinski definition) is 3. The van der Waals surface area contributed by atoms with Crippen molar-refractivity contribution in [3.63, 3.8) is 0 Å². The third-order valence-electron chi connectivity index (χ3n) is 6.33. The van der Waals surface area contributed by atoms with Crippen LogP contribution in [0.25, 0.3) is 0 Å². The molecule has 1 aliphatic heterocycles. The van der Waals surface area contributed by atoms with Crippen molar-refractivity contribution in [2.45, 2.75) is 39.0 Å². The number of hydrogen-bond donors (Lipinski definition) is 2. The van der Waals surface area contributed by atoms with E-state index in [0.29, 0.717) is 19.0 Å². The third-order valence-corrected chi connectivity index (χ3v) is 6.33. The molecule has 0 radical (unpaired) electrons. The van der Waals surface area contributed by atoms with Gasteiger partial charge < -0.3 is 19.9 Å². The predicted octanol–water partition coefficient (Wildman–Crippen LogP) is 1.58. The van der Waals surface area contributed by atoms with Gasteiger partial charge in [0, 0.05) is 18.8 Å². The Balaban J connectivity index is 1.47. The highest BCUT2D eigenvalue weighted by molar-refractivity contribution is 5.91. The number of ether oxygens (including phenoxy) is 1. The standard InChI is InChI=1S/C22H33N3O3/c1-3-24(15-21(26)23-19-8-10-20(28-2)11-9-19)16-22(27)25-13-12-17-6-4-5-7-18(17)14-25/h8-11,17-18H,3-7,12-16H2,1-2H3,(H,23,26)/p+1/t17-,18-/m1/s1. The molecule has 1 aromatic rings. The van der Waals surface area contributed by atoms with E-state index in [2.05, 4.69) is 5.32 Å². The minimum absolute atomic E-state index is 0.0687. The Hall–Kier alpha value is -2.08. The number of rotatable bonds is 7. The fourth-order valence-corrected chi connectivity index (χ4v) is 4.57. The third kappa shape index (κ3) is 5.47. The first-order valence-electron chi connectivity index (χ1n) is 10.6. The molecule has 2 fully saturated rings. The number of benzene rings is 1. The van der Waals surface area contributed by atoms with E-state index in [9.17, 15) is 9.59 Å². The highest BCUT2D eigenvalue weighted by atomic mass is 16.5. The molecule has 2 N–H and O–H groups in total. The van der Waals surface area contributed by atoms with Crippen molar-refractivity contribution in [2.75, 3.05) is 45.2 Å². The molecule has 0 aromatic heterocycles. The fraction of sp³-hybridized carbons (Fsp3) is 0.636. The average molecular weight is 389 g/mol. The molecule has 1 unspecified atom stereocenters. The number of amides is 2. The van der Waals surface area contributed by atoms with Gasteiger partial charge in [0.05, 0.1) is 13.7 Å². The summed E-state index contributed by atoms with van der Waals surface area (Å²) in [5.41, 5.74) is 0.743. The van der Waals surface area contributed by atoms with Crippen LogP contribution in [0.15, 0.2) is 24.3 Å². The zero-order valence-electron chi connectivity index (χ0n) is 17.2. The van der Waals surface area contributed by atoms with Crippen LogP contribution >= 0.6 is 0 Å². The first-order chi connectivity index (χ1) is 13.6. The SMILES string of the molecule is CC[NH+](CC(=O)Nc1ccc(OC)cc1)CC(=O)N1CC[C@H]2CCCC[C@@H]2C1. The lowest BCUT2D eigenvalue weighted by Crippen LogP contribution is -3.14. The van der Waals surface area contributed by atoms with Gasteiger partial charge in [0.1, 0.15) is 5.75 Å². The summed E-state index contributed by atoms with van der Waals surface area (Å²) in [6.45, 7) is 5.27. The summed E-state index contributed by atoms with van der Waals surface area (Å²) < 4.78 is 5.13. The predicted molar refractivity (Wildman–Crippen MR) is 110 cm³/mol. The van der Waals surface area contributed by atoms with Crippen molar-refractivity contribution < 1.29 is 19.2 Å². The summed E-state index contributed by atoms with van der Waals surface area (Å²) in [5.74, 6) is 2.39. The van der Waals surface area contributed by atoms with Crippen LogP contribution in [0.3, 0.4) is 0 Å². The number of quaternary nitrogens is 1. The van der Waals surface area contributed by atoms with Crippen molar-refractivity contribution >= 4 is 17.5 Å². The van der Waals surface area contributed by atoms with Crippen LogP contribution in [0.4, 0.5) is 5.69 Å². The summed E-state index contributed by atoms with van der Waals surface area (Å²) in [6, 6.07) is 7.28. The van der Waals surface area contributed by atoms with Crippen LogP contribution < -0.4 is 15.0 Å². The van der Waals surface area contributed by atoms with E-state index in [1.165, 1.54) is 25.7 Å². The molecule has 28 heavy (non-hydrogen) atoms. The number of fused-ring (bicyclic) bond motifs is 1. The number of anilines is 1. The molecule has 0 bridgehead atoms. The van der Waals surface area contributed by atoms with E-state index in [0.717, 1.165) is 48.3 Å². The van der Waals surface area contributed by atoms with E-state index in [-0.39, 0.29) is 11.8 Å². The number of methoxy groups -OCH3 is 1. The Kier molecular flexibility index (Phi) is 7.31. The second-order valence-electron chi connectivity index (χ2n) is 8.17. The van der Waals surface area contributed by atoms with E-state index >= 15 is 0 Å². The molecule has 6 nitrogen and oxygen atoms in total. The minimum atomic E-state index is -0.0687. The molecule has 3 rings (SSSR count). The molecule has 1 aliphatic carbocycles. The van der Waals surface area contributed by atoms with Crippen molar-refractivity contribution in [3.8, 4) is 5.75 Å². The van der Waals surface area contributed by atoms with E-state index in [1.54, 1.807) is 7.11 Å². The second kappa shape index (κ2) is 9.92. The summed E-state index contributed by atoms with van der Waals surface area (Å²) >= 11 is 0. The number of likely N-dealkylation sites (tertiary alicyclic amines) is 1. The van der Waals surface area contributed by atoms with Gasteiger partial charge >= 0.3 is 0 Å². The zero-order chi connectivity index (χ0) is 19.9. The maximum Gasteiger partial charge on any atom is 0.279 e. The van der Waals surface area contributed by atoms with Gasteiger partial charge in [0.2, 0.25) is 0 Å². The first-order valence-corrected chi connectivity index (χ1v) is 10.6. The van der Waals surface area contributed by atoms with Crippen LogP contribution in [-0.2, 0) is 9.59 Å². The van der Waals surface area contributed by atoms with Gasteiger partial charge in [-0.15, -0.1) is 0 Å². The highest BCUT2D eigenvalue weighted by Crippen LogP contribution is 2.35. The molecular formula is C22H34N3O3+. The Morgan fingerprint density at radius 1 is 1.11 bits per heavy atom. The van der Waals surface area contributed by atoms with Gasteiger partial charge in [-0.25, -0.2) is 0 Å². The molecule has 3 atom stereocenters. The topological polar surface area (TPSA) is 63.1 Å². The second-order valence-corrected chi connectivity index (χ2v) is 8.17. The van der Waals surface area contributed by atoms with Crippen LogP contribution in [-0.4, -0.2) is 56.5 Å². The number of carbonyl (C=O) groups excluding carboxylic acids is 2. The normalized spacial score (nSPS) is 22.9. The maximum absolute atomic E-state index is 12.8. The smallest absolute Gasteiger partial charge is 0.279 e. The van der Waals surface area contributed by atoms with Gasteiger partial charge in [-0.3, -0.25) is 9.59 Å². The van der Waals surface area contributed by atoms with Crippen LogP contribution in [0.5, 0.6) is 5.75 Å². The molecule has 1 saturated carbocycles. The number of likely N-dealkylation sites (N-methyl/N-ethyl adjacent to an activating group) is 1. The van der Waals surface area contributed by atoms with Gasteiger partial charge in [-0.05, 0) is 55.9 Å². The lowest BCUT2D eigenvalue weighted by atomic mass is 9.75. The molecule has 6 heteroatoms. The molecule has 2 aliphatic rings. The summed E-state index contributed by atoms with van der Waals surface area (Å²) in [6.07, 6.45) is 6.41. The lowest BCUT2D eigenvalue weighted by molar-refractivity contribution is -0.882. The van der Waals surface area contributed by atoms with E-state index in [1.807, 2.05) is 36.1 Å². The molecular weight excluding hydrogens is 354 g/mol. The summed E-state index contributed by atoms with van der Waals surface area (Å²) in [4.78, 5) is 28.3. The fourth-order valence-electron chi connectivity index (χ4n) is 4.57. The number of carbonyl (C=O) groups is 2. The minimum Gasteiger partial charge on any atom is -0.497 e. The van der Waals surface area contributed by atoms with Gasteiger partial charge in [0.15, 0.2) is 13.1 Å². The average Bonchev–Trinajstić information content (AvgIpc) is 2.73. The Labute approximate surface area is 168 Å². The molecule has 2 amide bonds. The Morgan fingerprint density at radius 2 is 1.82 bits per heavy atom. The monoisotopic (exact) mass is 388 g/mol. The van der Waals surface area contributed by atoms with Crippen LogP contribution in [0.1, 0.15) is 39.0 Å². The Morgan fingerprint density at radius 3 is 2.50 bits per heavy atom. The van der Waals surface area contributed by atoms with E-state index < -0.39 is 0 Å². The Bertz CT molecular complexity index is 661. The molecule has 154 valence electrons.